The molecule has 2 atom stereocenters. The van der Waals surface area contributed by atoms with Crippen LogP contribution in [0.5, 0.6) is 0 Å². The largest absolute Gasteiger partial charge is 0.480 e. The van der Waals surface area contributed by atoms with Gasteiger partial charge >= 0.3 is 5.97 Å². The summed E-state index contributed by atoms with van der Waals surface area (Å²) in [5.41, 5.74) is -0.812. The minimum atomic E-state index is -0.812. The van der Waals surface area contributed by atoms with Gasteiger partial charge in [0.2, 0.25) is 0 Å². The number of aliphatic carboxylic acids is 1. The topological polar surface area (TPSA) is 80.0 Å². The van der Waals surface area contributed by atoms with Gasteiger partial charge < -0.3 is 10.4 Å². The summed E-state index contributed by atoms with van der Waals surface area (Å²) in [4.78, 5) is 15.9. The average molecular weight is 266 g/mol. The van der Waals surface area contributed by atoms with Crippen LogP contribution in [-0.2, 0) is 17.6 Å². The Morgan fingerprint density at radius 1 is 1.53 bits per heavy atom. The molecular formula is C13H22N4O2. The van der Waals surface area contributed by atoms with Gasteiger partial charge in [-0.05, 0) is 26.3 Å². The maximum atomic E-state index is 11.4. The number of rotatable bonds is 5. The van der Waals surface area contributed by atoms with E-state index in [0.29, 0.717) is 12.8 Å². The summed E-state index contributed by atoms with van der Waals surface area (Å²) in [6.07, 6.45) is 3.66. The van der Waals surface area contributed by atoms with Gasteiger partial charge in [-0.15, -0.1) is 0 Å². The zero-order valence-corrected chi connectivity index (χ0v) is 11.8. The summed E-state index contributed by atoms with van der Waals surface area (Å²) in [5, 5.41) is 16.9. The Hall–Kier alpha value is -1.43. The van der Waals surface area contributed by atoms with Crippen molar-refractivity contribution in [3.05, 3.63) is 11.6 Å². The highest BCUT2D eigenvalue weighted by molar-refractivity contribution is 5.79. The van der Waals surface area contributed by atoms with Crippen LogP contribution < -0.4 is 5.32 Å². The number of aromatic nitrogens is 3. The minimum absolute atomic E-state index is 0.131. The molecule has 1 fully saturated rings. The molecule has 0 saturated heterocycles. The fraction of sp³-hybridized carbons (Fsp3) is 0.769. The van der Waals surface area contributed by atoms with Gasteiger partial charge in [-0.1, -0.05) is 13.8 Å². The van der Waals surface area contributed by atoms with E-state index in [9.17, 15) is 9.90 Å². The van der Waals surface area contributed by atoms with E-state index >= 15 is 0 Å². The SMILES string of the molecule is CCc1nc(CC)n(C2CCC(NC)(C(=O)O)C2)n1. The van der Waals surface area contributed by atoms with Crippen LogP contribution in [0.2, 0.25) is 0 Å². The molecule has 1 aromatic rings. The molecule has 0 spiro atoms. The lowest BCUT2D eigenvalue weighted by Crippen LogP contribution is -2.48. The number of carboxylic acids is 1. The van der Waals surface area contributed by atoms with E-state index < -0.39 is 11.5 Å². The van der Waals surface area contributed by atoms with Crippen molar-refractivity contribution in [2.45, 2.75) is 57.5 Å². The van der Waals surface area contributed by atoms with Crippen molar-refractivity contribution in [1.29, 1.82) is 0 Å². The third kappa shape index (κ3) is 2.36. The lowest BCUT2D eigenvalue weighted by atomic mass is 9.98. The third-order valence-corrected chi connectivity index (χ3v) is 4.10. The maximum Gasteiger partial charge on any atom is 0.323 e. The first-order valence-electron chi connectivity index (χ1n) is 6.93. The van der Waals surface area contributed by atoms with Crippen LogP contribution in [0.3, 0.4) is 0 Å². The van der Waals surface area contributed by atoms with Crippen LogP contribution in [0, 0.1) is 0 Å². The molecule has 0 aromatic carbocycles. The summed E-state index contributed by atoms with van der Waals surface area (Å²) in [6, 6.07) is 0.131. The number of nitrogens with zero attached hydrogens (tertiary/aromatic N) is 3. The summed E-state index contributed by atoms with van der Waals surface area (Å²) >= 11 is 0. The molecule has 2 N–H and O–H groups in total. The Morgan fingerprint density at radius 3 is 2.74 bits per heavy atom. The Balaban J connectivity index is 2.25. The first-order chi connectivity index (χ1) is 9.06. The lowest BCUT2D eigenvalue weighted by molar-refractivity contribution is -0.144. The number of likely N-dealkylation sites (N-methyl/N-ethyl adjacent to an activating group) is 1. The molecule has 2 rings (SSSR count). The quantitative estimate of drug-likeness (QED) is 0.836. The molecule has 6 nitrogen and oxygen atoms in total. The van der Waals surface area contributed by atoms with Gasteiger partial charge in [-0.25, -0.2) is 9.67 Å². The number of carbonyl (C=O) groups is 1. The molecule has 0 radical (unpaired) electrons. The fourth-order valence-corrected chi connectivity index (χ4v) is 2.84. The Kier molecular flexibility index (Phi) is 3.89. The van der Waals surface area contributed by atoms with Crippen LogP contribution in [0.25, 0.3) is 0 Å². The van der Waals surface area contributed by atoms with Crippen molar-refractivity contribution in [3.63, 3.8) is 0 Å². The Morgan fingerprint density at radius 2 is 2.26 bits per heavy atom. The molecule has 1 aliphatic rings. The molecule has 0 amide bonds. The fourth-order valence-electron chi connectivity index (χ4n) is 2.84. The Labute approximate surface area is 113 Å². The van der Waals surface area contributed by atoms with Crippen LogP contribution in [-0.4, -0.2) is 38.4 Å². The second kappa shape index (κ2) is 5.28. The van der Waals surface area contributed by atoms with E-state index in [1.54, 1.807) is 7.05 Å². The molecule has 0 bridgehead atoms. The minimum Gasteiger partial charge on any atom is -0.480 e. The third-order valence-electron chi connectivity index (χ3n) is 4.10. The van der Waals surface area contributed by atoms with Crippen LogP contribution >= 0.6 is 0 Å². The lowest BCUT2D eigenvalue weighted by Gasteiger charge is -2.23. The molecule has 0 aliphatic heterocycles. The smallest absolute Gasteiger partial charge is 0.323 e. The number of nitrogens with one attached hydrogen (secondary N) is 1. The van der Waals surface area contributed by atoms with E-state index in [0.717, 1.165) is 30.9 Å². The molecule has 106 valence electrons. The molecule has 1 aliphatic carbocycles. The van der Waals surface area contributed by atoms with Gasteiger partial charge in [-0.2, -0.15) is 5.10 Å². The number of hydrogen-bond acceptors (Lipinski definition) is 4. The number of hydrogen-bond donors (Lipinski definition) is 2. The van der Waals surface area contributed by atoms with Gasteiger partial charge in [0.05, 0.1) is 6.04 Å². The Bertz CT molecular complexity index is 471. The molecule has 1 aromatic heterocycles. The summed E-state index contributed by atoms with van der Waals surface area (Å²) in [7, 11) is 1.72. The second-order valence-electron chi connectivity index (χ2n) is 5.13. The predicted molar refractivity (Wildman–Crippen MR) is 71.1 cm³/mol. The monoisotopic (exact) mass is 266 g/mol. The highest BCUT2D eigenvalue weighted by atomic mass is 16.4. The van der Waals surface area contributed by atoms with E-state index in [2.05, 4.69) is 22.3 Å². The number of carboxylic acid groups (broad SMARTS) is 1. The molecule has 19 heavy (non-hydrogen) atoms. The van der Waals surface area contributed by atoms with Crippen molar-refractivity contribution in [2.24, 2.45) is 0 Å². The van der Waals surface area contributed by atoms with Gasteiger partial charge in [-0.3, -0.25) is 4.79 Å². The molecule has 6 heteroatoms. The maximum absolute atomic E-state index is 11.4. The van der Waals surface area contributed by atoms with Gasteiger partial charge in [0.1, 0.15) is 11.4 Å². The normalized spacial score (nSPS) is 26.8. The van der Waals surface area contributed by atoms with E-state index in [-0.39, 0.29) is 6.04 Å². The van der Waals surface area contributed by atoms with Gasteiger partial charge in [0.25, 0.3) is 0 Å². The summed E-state index contributed by atoms with van der Waals surface area (Å²) in [6.45, 7) is 4.08. The molecule has 1 saturated carbocycles. The average Bonchev–Trinajstić information content (AvgIpc) is 3.02. The molecular weight excluding hydrogens is 244 g/mol. The zero-order chi connectivity index (χ0) is 14.0. The van der Waals surface area contributed by atoms with Crippen molar-refractivity contribution in [1.82, 2.24) is 20.1 Å². The summed E-state index contributed by atoms with van der Waals surface area (Å²) < 4.78 is 1.95. The highest BCUT2D eigenvalue weighted by Crippen LogP contribution is 2.38. The van der Waals surface area contributed by atoms with E-state index in [1.807, 2.05) is 11.6 Å². The van der Waals surface area contributed by atoms with Crippen LogP contribution in [0.15, 0.2) is 0 Å². The second-order valence-corrected chi connectivity index (χ2v) is 5.13. The van der Waals surface area contributed by atoms with Gasteiger partial charge in [0.15, 0.2) is 5.82 Å². The zero-order valence-electron chi connectivity index (χ0n) is 11.8. The highest BCUT2D eigenvalue weighted by Gasteiger charge is 2.45. The van der Waals surface area contributed by atoms with Crippen molar-refractivity contribution in [3.8, 4) is 0 Å². The molecule has 1 heterocycles. The standard InChI is InChI=1S/C13H22N4O2/c1-4-10-15-11(5-2)17(16-10)9-6-7-13(8-9,14-3)12(18)19/h9,14H,4-8H2,1-3H3,(H,18,19). The van der Waals surface area contributed by atoms with Crippen molar-refractivity contribution < 1.29 is 9.90 Å². The van der Waals surface area contributed by atoms with E-state index in [4.69, 9.17) is 0 Å². The summed E-state index contributed by atoms with van der Waals surface area (Å²) in [5.74, 6) is 1.03. The van der Waals surface area contributed by atoms with E-state index in [1.165, 1.54) is 0 Å². The van der Waals surface area contributed by atoms with Crippen molar-refractivity contribution in [2.75, 3.05) is 7.05 Å². The predicted octanol–water partition coefficient (Wildman–Crippen LogP) is 1.17. The van der Waals surface area contributed by atoms with Gasteiger partial charge in [0, 0.05) is 12.8 Å². The van der Waals surface area contributed by atoms with Crippen LogP contribution in [0.4, 0.5) is 0 Å². The van der Waals surface area contributed by atoms with Crippen LogP contribution in [0.1, 0.15) is 50.8 Å². The van der Waals surface area contributed by atoms with Crippen molar-refractivity contribution >= 4 is 5.97 Å². The first kappa shape index (κ1) is 14.0. The first-order valence-corrected chi connectivity index (χ1v) is 6.93. The number of aryl methyl sites for hydroxylation is 2. The molecule has 2 unspecified atom stereocenters.